The second-order valence-corrected chi connectivity index (χ2v) is 7.08. The number of benzene rings is 3. The summed E-state index contributed by atoms with van der Waals surface area (Å²) in [5.74, 6) is 1.14. The summed E-state index contributed by atoms with van der Waals surface area (Å²) in [6.45, 7) is 4.96. The molecule has 0 radical (unpaired) electrons. The summed E-state index contributed by atoms with van der Waals surface area (Å²) in [7, 11) is 0. The van der Waals surface area contributed by atoms with Crippen molar-refractivity contribution in [2.45, 2.75) is 13.8 Å². The highest BCUT2D eigenvalue weighted by Gasteiger charge is 2.12. The first-order valence-electron chi connectivity index (χ1n) is 9.04. The Balaban J connectivity index is 1.79. The first-order valence-corrected chi connectivity index (χ1v) is 10.1. The standard InChI is InChI=1S/C22H21IN2O3/c1-3-27-20-13-15(12-19(23)21(20)28-4-2)14-24-25-22(26)18-11-7-9-16-8-5-6-10-17(16)18/h5-14H,3-4H2,1-2H3,(H,25,26)/b24-14+. The molecular formula is C22H21IN2O3. The zero-order valence-electron chi connectivity index (χ0n) is 15.7. The predicted molar refractivity (Wildman–Crippen MR) is 121 cm³/mol. The monoisotopic (exact) mass is 488 g/mol. The lowest BCUT2D eigenvalue weighted by Crippen LogP contribution is -2.18. The zero-order valence-corrected chi connectivity index (χ0v) is 17.9. The van der Waals surface area contributed by atoms with Gasteiger partial charge in [-0.2, -0.15) is 5.10 Å². The van der Waals surface area contributed by atoms with Gasteiger partial charge in [0.15, 0.2) is 11.5 Å². The van der Waals surface area contributed by atoms with Gasteiger partial charge in [-0.1, -0.05) is 36.4 Å². The number of hydrogen-bond donors (Lipinski definition) is 1. The molecule has 5 nitrogen and oxygen atoms in total. The Hall–Kier alpha value is -2.61. The van der Waals surface area contributed by atoms with Gasteiger partial charge in [0.25, 0.3) is 5.91 Å². The normalized spacial score (nSPS) is 11.0. The van der Waals surface area contributed by atoms with Gasteiger partial charge in [0.05, 0.1) is 23.0 Å². The van der Waals surface area contributed by atoms with Gasteiger partial charge in [0.2, 0.25) is 0 Å². The molecule has 0 atom stereocenters. The summed E-state index contributed by atoms with van der Waals surface area (Å²) in [4.78, 5) is 12.6. The van der Waals surface area contributed by atoms with Crippen molar-refractivity contribution < 1.29 is 14.3 Å². The molecule has 0 aliphatic rings. The maximum atomic E-state index is 12.6. The van der Waals surface area contributed by atoms with E-state index in [2.05, 4.69) is 33.1 Å². The van der Waals surface area contributed by atoms with Crippen LogP contribution in [0.25, 0.3) is 10.8 Å². The molecule has 0 saturated heterocycles. The van der Waals surface area contributed by atoms with Crippen molar-refractivity contribution >= 4 is 45.5 Å². The zero-order chi connectivity index (χ0) is 19.9. The van der Waals surface area contributed by atoms with E-state index >= 15 is 0 Å². The number of hydrogen-bond acceptors (Lipinski definition) is 4. The Morgan fingerprint density at radius 1 is 1.07 bits per heavy atom. The van der Waals surface area contributed by atoms with Crippen LogP contribution in [-0.2, 0) is 0 Å². The van der Waals surface area contributed by atoms with Crippen molar-refractivity contribution in [3.63, 3.8) is 0 Å². The Morgan fingerprint density at radius 2 is 1.82 bits per heavy atom. The van der Waals surface area contributed by atoms with Crippen LogP contribution < -0.4 is 14.9 Å². The number of ether oxygens (including phenoxy) is 2. The van der Waals surface area contributed by atoms with Crippen LogP contribution in [0.2, 0.25) is 0 Å². The Bertz CT molecular complexity index is 1010. The molecule has 0 heterocycles. The number of carbonyl (C=O) groups excluding carboxylic acids is 1. The van der Waals surface area contributed by atoms with Crippen LogP contribution >= 0.6 is 22.6 Å². The largest absolute Gasteiger partial charge is 0.490 e. The van der Waals surface area contributed by atoms with E-state index in [1.807, 2.05) is 62.4 Å². The van der Waals surface area contributed by atoms with Crippen molar-refractivity contribution in [2.75, 3.05) is 13.2 Å². The highest BCUT2D eigenvalue weighted by molar-refractivity contribution is 14.1. The fraction of sp³-hybridized carbons (Fsp3) is 0.182. The maximum absolute atomic E-state index is 12.6. The van der Waals surface area contributed by atoms with Crippen molar-refractivity contribution in [1.82, 2.24) is 5.43 Å². The molecule has 0 aromatic heterocycles. The smallest absolute Gasteiger partial charge is 0.271 e. The number of carbonyl (C=O) groups is 1. The second kappa shape index (κ2) is 9.54. The first kappa shape index (κ1) is 20.1. The lowest BCUT2D eigenvalue weighted by atomic mass is 10.0. The molecule has 0 saturated carbocycles. The molecule has 1 N–H and O–H groups in total. The molecule has 3 aromatic carbocycles. The van der Waals surface area contributed by atoms with Gasteiger partial charge in [-0.3, -0.25) is 4.79 Å². The van der Waals surface area contributed by atoms with Gasteiger partial charge in [-0.05, 0) is 71.0 Å². The molecule has 0 bridgehead atoms. The highest BCUT2D eigenvalue weighted by Crippen LogP contribution is 2.33. The highest BCUT2D eigenvalue weighted by atomic mass is 127. The third-order valence-electron chi connectivity index (χ3n) is 4.03. The average Bonchev–Trinajstić information content (AvgIpc) is 2.70. The molecule has 3 aromatic rings. The molecule has 0 unspecified atom stereocenters. The number of amides is 1. The summed E-state index contributed by atoms with van der Waals surface area (Å²) >= 11 is 2.20. The molecule has 0 spiro atoms. The minimum absolute atomic E-state index is 0.251. The van der Waals surface area contributed by atoms with Crippen LogP contribution in [0, 0.1) is 3.57 Å². The average molecular weight is 488 g/mol. The molecule has 0 fully saturated rings. The molecule has 28 heavy (non-hydrogen) atoms. The van der Waals surface area contributed by atoms with E-state index in [9.17, 15) is 4.79 Å². The third kappa shape index (κ3) is 4.62. The van der Waals surface area contributed by atoms with Crippen LogP contribution in [0.3, 0.4) is 0 Å². The number of nitrogens with one attached hydrogen (secondary N) is 1. The minimum atomic E-state index is -0.251. The topological polar surface area (TPSA) is 59.9 Å². The van der Waals surface area contributed by atoms with Gasteiger partial charge in [0.1, 0.15) is 0 Å². The Morgan fingerprint density at radius 3 is 2.61 bits per heavy atom. The van der Waals surface area contributed by atoms with Crippen LogP contribution in [0.1, 0.15) is 29.8 Å². The van der Waals surface area contributed by atoms with Crippen molar-refractivity contribution in [3.8, 4) is 11.5 Å². The van der Waals surface area contributed by atoms with E-state index in [0.717, 1.165) is 25.7 Å². The van der Waals surface area contributed by atoms with E-state index in [1.165, 1.54) is 0 Å². The molecule has 1 amide bonds. The predicted octanol–water partition coefficient (Wildman–Crippen LogP) is 5.01. The minimum Gasteiger partial charge on any atom is -0.490 e. The van der Waals surface area contributed by atoms with E-state index in [-0.39, 0.29) is 5.91 Å². The van der Waals surface area contributed by atoms with Gasteiger partial charge in [-0.15, -0.1) is 0 Å². The summed E-state index contributed by atoms with van der Waals surface area (Å²) in [6.07, 6.45) is 1.60. The molecule has 3 rings (SSSR count). The van der Waals surface area contributed by atoms with Crippen LogP contribution in [0.4, 0.5) is 0 Å². The summed E-state index contributed by atoms with van der Waals surface area (Å²) in [5, 5.41) is 6.03. The van der Waals surface area contributed by atoms with E-state index in [0.29, 0.717) is 24.5 Å². The Kier molecular flexibility index (Phi) is 6.86. The maximum Gasteiger partial charge on any atom is 0.271 e. The van der Waals surface area contributed by atoms with Crippen LogP contribution in [-0.4, -0.2) is 25.3 Å². The second-order valence-electron chi connectivity index (χ2n) is 5.92. The first-order chi connectivity index (χ1) is 13.6. The molecule has 0 aliphatic heterocycles. The third-order valence-corrected chi connectivity index (χ3v) is 4.84. The molecular weight excluding hydrogens is 467 g/mol. The fourth-order valence-electron chi connectivity index (χ4n) is 2.86. The lowest BCUT2D eigenvalue weighted by Gasteiger charge is -2.13. The van der Waals surface area contributed by atoms with Crippen LogP contribution in [0.15, 0.2) is 59.7 Å². The van der Waals surface area contributed by atoms with E-state index in [1.54, 1.807) is 12.3 Å². The van der Waals surface area contributed by atoms with Gasteiger partial charge in [0, 0.05) is 5.56 Å². The number of halogens is 1. The molecule has 144 valence electrons. The van der Waals surface area contributed by atoms with E-state index < -0.39 is 0 Å². The summed E-state index contributed by atoms with van der Waals surface area (Å²) in [6, 6.07) is 17.2. The number of rotatable bonds is 7. The quantitative estimate of drug-likeness (QED) is 0.289. The molecule has 0 aliphatic carbocycles. The molecule has 6 heteroatoms. The van der Waals surface area contributed by atoms with E-state index in [4.69, 9.17) is 9.47 Å². The van der Waals surface area contributed by atoms with Gasteiger partial charge >= 0.3 is 0 Å². The lowest BCUT2D eigenvalue weighted by molar-refractivity contribution is 0.0957. The van der Waals surface area contributed by atoms with Gasteiger partial charge < -0.3 is 9.47 Å². The summed E-state index contributed by atoms with van der Waals surface area (Å²) < 4.78 is 12.3. The summed E-state index contributed by atoms with van der Waals surface area (Å²) in [5.41, 5.74) is 4.01. The van der Waals surface area contributed by atoms with Crippen LogP contribution in [0.5, 0.6) is 11.5 Å². The SMILES string of the molecule is CCOc1cc(/C=N/NC(=O)c2cccc3ccccc23)cc(I)c1OCC. The number of hydrazone groups is 1. The fourth-order valence-corrected chi connectivity index (χ4v) is 3.64. The Labute approximate surface area is 177 Å². The van der Waals surface area contributed by atoms with Crippen molar-refractivity contribution in [3.05, 3.63) is 69.3 Å². The number of nitrogens with zero attached hydrogens (tertiary/aromatic N) is 1. The van der Waals surface area contributed by atoms with Crippen molar-refractivity contribution in [2.24, 2.45) is 5.10 Å². The van der Waals surface area contributed by atoms with Gasteiger partial charge in [-0.25, -0.2) is 5.43 Å². The van der Waals surface area contributed by atoms with Crippen molar-refractivity contribution in [1.29, 1.82) is 0 Å². The number of fused-ring (bicyclic) bond motifs is 1.